The molecule has 2 atom stereocenters. The molecule has 6 heteroatoms. The first kappa shape index (κ1) is 16.5. The Morgan fingerprint density at radius 3 is 2.30 bits per heavy atom. The Morgan fingerprint density at radius 2 is 1.85 bits per heavy atom. The largest absolute Gasteiger partial charge is 0.394 e. The number of halogens is 3. The van der Waals surface area contributed by atoms with Crippen molar-refractivity contribution >= 4 is 5.91 Å². The quantitative estimate of drug-likeness (QED) is 0.791. The van der Waals surface area contributed by atoms with Crippen molar-refractivity contribution in [3.63, 3.8) is 0 Å². The maximum atomic E-state index is 13.1. The minimum atomic E-state index is -1.57. The molecule has 0 aliphatic rings. The van der Waals surface area contributed by atoms with E-state index in [4.69, 9.17) is 0 Å². The van der Waals surface area contributed by atoms with Crippen LogP contribution >= 0.6 is 0 Å². The van der Waals surface area contributed by atoms with Crippen molar-refractivity contribution in [2.45, 2.75) is 32.7 Å². The molecule has 0 aliphatic heterocycles. The average molecular weight is 289 g/mol. The summed E-state index contributed by atoms with van der Waals surface area (Å²) in [4.78, 5) is 11.7. The lowest BCUT2D eigenvalue weighted by molar-refractivity contribution is -0.123. The number of nitrogens with one attached hydrogen (secondary N) is 1. The lowest BCUT2D eigenvalue weighted by Crippen LogP contribution is -2.31. The van der Waals surface area contributed by atoms with E-state index in [1.54, 1.807) is 0 Å². The number of hydrogen-bond donors (Lipinski definition) is 2. The van der Waals surface area contributed by atoms with Gasteiger partial charge >= 0.3 is 0 Å². The Hall–Kier alpha value is -1.56. The maximum Gasteiger partial charge on any atom is 0.220 e. The number of rotatable bonds is 6. The number of aliphatic hydroxyl groups is 1. The molecule has 0 radical (unpaired) electrons. The predicted molar refractivity (Wildman–Crippen MR) is 68.4 cm³/mol. The van der Waals surface area contributed by atoms with E-state index in [0.29, 0.717) is 0 Å². The molecule has 1 aromatic carbocycles. The number of carbonyl (C=O) groups is 1. The summed E-state index contributed by atoms with van der Waals surface area (Å²) in [6.45, 7) is 3.30. The summed E-state index contributed by atoms with van der Waals surface area (Å²) < 4.78 is 39.1. The molecule has 112 valence electrons. The third-order valence-corrected chi connectivity index (χ3v) is 3.16. The van der Waals surface area contributed by atoms with E-state index in [1.165, 1.54) is 0 Å². The molecule has 0 aliphatic carbocycles. The highest BCUT2D eigenvalue weighted by Crippen LogP contribution is 2.19. The number of hydrogen-bond acceptors (Lipinski definition) is 2. The molecule has 1 amide bonds. The van der Waals surface area contributed by atoms with Crippen molar-refractivity contribution in [3.8, 4) is 0 Å². The average Bonchev–Trinajstić information content (AvgIpc) is 2.41. The molecular weight excluding hydrogens is 271 g/mol. The molecule has 0 aromatic heterocycles. The highest BCUT2D eigenvalue weighted by atomic mass is 19.2. The molecule has 0 unspecified atom stereocenters. The van der Waals surface area contributed by atoms with Crippen LogP contribution in [0.5, 0.6) is 0 Å². The topological polar surface area (TPSA) is 49.3 Å². The van der Waals surface area contributed by atoms with Gasteiger partial charge in [-0.2, -0.15) is 0 Å². The Morgan fingerprint density at radius 1 is 1.30 bits per heavy atom. The molecule has 0 saturated heterocycles. The number of benzene rings is 1. The highest BCUT2D eigenvalue weighted by molar-refractivity contribution is 5.76. The van der Waals surface area contributed by atoms with Gasteiger partial charge in [0, 0.05) is 6.42 Å². The van der Waals surface area contributed by atoms with Crippen molar-refractivity contribution < 1.29 is 23.1 Å². The SMILES string of the molecule is CC[C@@H](C)CC(=O)N[C@H](CO)c1cc(F)c(F)c(F)c1. The molecule has 3 nitrogen and oxygen atoms in total. The number of aliphatic hydroxyl groups excluding tert-OH is 1. The van der Waals surface area contributed by atoms with Crippen LogP contribution in [-0.2, 0) is 4.79 Å². The van der Waals surface area contributed by atoms with Gasteiger partial charge in [0.05, 0.1) is 12.6 Å². The lowest BCUT2D eigenvalue weighted by Gasteiger charge is -2.18. The van der Waals surface area contributed by atoms with Gasteiger partial charge in [0.1, 0.15) is 0 Å². The van der Waals surface area contributed by atoms with Crippen molar-refractivity contribution in [1.29, 1.82) is 0 Å². The van der Waals surface area contributed by atoms with Crippen LogP contribution in [0.1, 0.15) is 38.3 Å². The van der Waals surface area contributed by atoms with E-state index >= 15 is 0 Å². The maximum absolute atomic E-state index is 13.1. The minimum absolute atomic E-state index is 0.0126. The van der Waals surface area contributed by atoms with Gasteiger partial charge < -0.3 is 10.4 Å². The van der Waals surface area contributed by atoms with Crippen molar-refractivity contribution in [1.82, 2.24) is 5.32 Å². The van der Waals surface area contributed by atoms with Crippen LogP contribution in [0.25, 0.3) is 0 Å². The van der Waals surface area contributed by atoms with Crippen molar-refractivity contribution in [3.05, 3.63) is 35.1 Å². The molecule has 1 aromatic rings. The third kappa shape index (κ3) is 4.23. The normalized spacial score (nSPS) is 13.9. The van der Waals surface area contributed by atoms with Gasteiger partial charge in [0.25, 0.3) is 0 Å². The second-order valence-electron chi connectivity index (χ2n) is 4.82. The van der Waals surface area contributed by atoms with E-state index in [9.17, 15) is 23.1 Å². The Kier molecular flexibility index (Phi) is 6.01. The first-order valence-electron chi connectivity index (χ1n) is 6.43. The first-order valence-corrected chi connectivity index (χ1v) is 6.43. The summed E-state index contributed by atoms with van der Waals surface area (Å²) in [5, 5.41) is 11.7. The summed E-state index contributed by atoms with van der Waals surface area (Å²) in [5.74, 6) is -4.44. The Labute approximate surface area is 115 Å². The molecule has 0 spiro atoms. The van der Waals surface area contributed by atoms with Crippen LogP contribution in [-0.4, -0.2) is 17.6 Å². The third-order valence-electron chi connectivity index (χ3n) is 3.16. The number of carbonyl (C=O) groups excluding carboxylic acids is 1. The minimum Gasteiger partial charge on any atom is -0.394 e. The highest BCUT2D eigenvalue weighted by Gasteiger charge is 2.19. The zero-order valence-electron chi connectivity index (χ0n) is 11.4. The van der Waals surface area contributed by atoms with Crippen LogP contribution < -0.4 is 5.32 Å². The van der Waals surface area contributed by atoms with E-state index in [0.717, 1.165) is 18.6 Å². The summed E-state index contributed by atoms with van der Waals surface area (Å²) in [6, 6.07) is 0.571. The van der Waals surface area contributed by atoms with Gasteiger partial charge in [-0.05, 0) is 23.6 Å². The molecular formula is C14H18F3NO2. The van der Waals surface area contributed by atoms with Crippen LogP contribution in [0.2, 0.25) is 0 Å². The standard InChI is InChI=1S/C14H18F3NO2/c1-3-8(2)4-13(20)18-12(7-19)9-5-10(15)14(17)11(16)6-9/h5-6,8,12,19H,3-4,7H2,1-2H3,(H,18,20)/t8-,12-/m1/s1. The zero-order valence-corrected chi connectivity index (χ0v) is 11.4. The van der Waals surface area contributed by atoms with Crippen LogP contribution in [0.15, 0.2) is 12.1 Å². The van der Waals surface area contributed by atoms with E-state index in [2.05, 4.69) is 5.32 Å². The fraction of sp³-hybridized carbons (Fsp3) is 0.500. The fourth-order valence-electron chi connectivity index (χ4n) is 1.72. The molecule has 20 heavy (non-hydrogen) atoms. The summed E-state index contributed by atoms with van der Waals surface area (Å²) in [6.07, 6.45) is 1.07. The monoisotopic (exact) mass is 289 g/mol. The zero-order chi connectivity index (χ0) is 15.3. The van der Waals surface area contributed by atoms with Gasteiger partial charge in [-0.15, -0.1) is 0 Å². The first-order chi connectivity index (χ1) is 9.38. The Bertz CT molecular complexity index is 456. The molecule has 2 N–H and O–H groups in total. The lowest BCUT2D eigenvalue weighted by atomic mass is 10.0. The van der Waals surface area contributed by atoms with Crippen LogP contribution in [0, 0.1) is 23.4 Å². The number of amides is 1. The van der Waals surface area contributed by atoms with Gasteiger partial charge in [-0.1, -0.05) is 20.3 Å². The van der Waals surface area contributed by atoms with Crippen LogP contribution in [0.3, 0.4) is 0 Å². The van der Waals surface area contributed by atoms with Crippen LogP contribution in [0.4, 0.5) is 13.2 Å². The second kappa shape index (κ2) is 7.28. The Balaban J connectivity index is 2.83. The van der Waals surface area contributed by atoms with Gasteiger partial charge in [0.15, 0.2) is 17.5 Å². The molecule has 0 heterocycles. The molecule has 1 rings (SSSR count). The molecule has 0 saturated carbocycles. The van der Waals surface area contributed by atoms with E-state index in [-0.39, 0.29) is 23.8 Å². The van der Waals surface area contributed by atoms with Gasteiger partial charge in [-0.3, -0.25) is 4.79 Å². The fourth-order valence-corrected chi connectivity index (χ4v) is 1.72. The molecule has 0 fully saturated rings. The summed E-state index contributed by atoms with van der Waals surface area (Å²) >= 11 is 0. The second-order valence-corrected chi connectivity index (χ2v) is 4.82. The predicted octanol–water partition coefficient (Wildman–Crippen LogP) is 2.69. The van der Waals surface area contributed by atoms with Crippen molar-refractivity contribution in [2.24, 2.45) is 5.92 Å². The van der Waals surface area contributed by atoms with Gasteiger partial charge in [-0.25, -0.2) is 13.2 Å². The smallest absolute Gasteiger partial charge is 0.220 e. The van der Waals surface area contributed by atoms with E-state index in [1.807, 2.05) is 13.8 Å². The molecule has 0 bridgehead atoms. The van der Waals surface area contributed by atoms with E-state index < -0.39 is 30.1 Å². The summed E-state index contributed by atoms with van der Waals surface area (Å²) in [7, 11) is 0. The van der Waals surface area contributed by atoms with Crippen molar-refractivity contribution in [2.75, 3.05) is 6.61 Å². The van der Waals surface area contributed by atoms with Gasteiger partial charge in [0.2, 0.25) is 5.91 Å². The summed E-state index contributed by atoms with van der Waals surface area (Å²) in [5.41, 5.74) is -0.0126.